The van der Waals surface area contributed by atoms with Crippen LogP contribution in [0.5, 0.6) is 5.75 Å². The fourth-order valence-electron chi connectivity index (χ4n) is 8.82. The fraction of sp³-hybridized carbons (Fsp3) is 0.680. The Kier molecular flexibility index (Phi) is 3.33. The van der Waals surface area contributed by atoms with E-state index in [-0.39, 0.29) is 40.3 Å². The van der Waals surface area contributed by atoms with Gasteiger partial charge in [-0.3, -0.25) is 0 Å². The van der Waals surface area contributed by atoms with Gasteiger partial charge in [0.05, 0.1) is 26.4 Å². The van der Waals surface area contributed by atoms with E-state index in [0.717, 1.165) is 18.6 Å². The number of benzene rings is 1. The summed E-state index contributed by atoms with van der Waals surface area (Å²) in [5, 5.41) is 11.6. The summed E-state index contributed by atoms with van der Waals surface area (Å²) in [7, 11) is 1.70. The first-order chi connectivity index (χ1) is 14.5. The van der Waals surface area contributed by atoms with E-state index in [1.54, 1.807) is 7.11 Å². The number of rotatable bonds is 2. The van der Waals surface area contributed by atoms with E-state index in [9.17, 15) is 5.11 Å². The van der Waals surface area contributed by atoms with Crippen LogP contribution in [0.3, 0.4) is 0 Å². The number of hydrogen-bond acceptors (Lipinski definition) is 5. The molecule has 2 bridgehead atoms. The monoisotopic (exact) mass is 410 g/mol. The summed E-state index contributed by atoms with van der Waals surface area (Å²) in [5.74, 6) is 0.261. The standard InChI is InChI=1S/C25H30O5/c1-22-9-3-4-10-23(22)11-12-24(22,15-5-7-16(27-2)8-6-15)17-18(26)19-21(30-19)25(20(17)23)28-13-14-29-25/h5-8,11-12,17-21,26H,3-4,9-10,13-14H2,1-2H3/t17-,18+,19-,20+,21-,22+,23-,24-/m1/s1. The van der Waals surface area contributed by atoms with Gasteiger partial charge in [-0.05, 0) is 36.0 Å². The van der Waals surface area contributed by atoms with Crippen LogP contribution in [0.25, 0.3) is 0 Å². The molecule has 5 nitrogen and oxygen atoms in total. The molecule has 1 spiro atoms. The molecule has 0 amide bonds. The van der Waals surface area contributed by atoms with Crippen LogP contribution < -0.4 is 4.74 Å². The van der Waals surface area contributed by atoms with Crippen molar-refractivity contribution in [1.29, 1.82) is 0 Å². The highest BCUT2D eigenvalue weighted by molar-refractivity contribution is 5.52. The van der Waals surface area contributed by atoms with Crippen molar-refractivity contribution in [2.24, 2.45) is 22.7 Å². The molecule has 5 heteroatoms. The lowest BCUT2D eigenvalue weighted by Crippen LogP contribution is -2.61. The van der Waals surface area contributed by atoms with Gasteiger partial charge in [0, 0.05) is 22.7 Å². The van der Waals surface area contributed by atoms with Gasteiger partial charge in [0.2, 0.25) is 5.79 Å². The summed E-state index contributed by atoms with van der Waals surface area (Å²) in [6, 6.07) is 8.52. The zero-order chi connectivity index (χ0) is 20.4. The molecule has 2 aliphatic heterocycles. The van der Waals surface area contributed by atoms with Crippen LogP contribution in [-0.4, -0.2) is 49.5 Å². The minimum absolute atomic E-state index is 0.0147. The number of ether oxygens (including phenoxy) is 4. The third-order valence-corrected chi connectivity index (χ3v) is 9.91. The molecule has 1 N–H and O–H groups in total. The molecule has 8 atom stereocenters. The highest BCUT2D eigenvalue weighted by Gasteiger charge is 2.86. The predicted octanol–water partition coefficient (Wildman–Crippen LogP) is 3.20. The molecule has 3 saturated carbocycles. The van der Waals surface area contributed by atoms with E-state index in [1.165, 1.54) is 18.4 Å². The first-order valence-corrected chi connectivity index (χ1v) is 11.5. The van der Waals surface area contributed by atoms with E-state index in [4.69, 9.17) is 18.9 Å². The molecule has 0 radical (unpaired) electrons. The van der Waals surface area contributed by atoms with Crippen LogP contribution in [0.1, 0.15) is 38.2 Å². The third kappa shape index (κ3) is 1.69. The van der Waals surface area contributed by atoms with Crippen molar-refractivity contribution >= 4 is 0 Å². The van der Waals surface area contributed by atoms with Crippen LogP contribution >= 0.6 is 0 Å². The SMILES string of the molecule is COc1ccc([C@@]23C=C[C@]4(CCCC[C@@]42C)[C@@H]2[C@H]3[C@H](O)[C@H]3O[C@H]3C23OCCO3)cc1. The number of aliphatic hydroxyl groups excluding tert-OH is 1. The summed E-state index contributed by atoms with van der Waals surface area (Å²) < 4.78 is 24.4. The molecular formula is C25H30O5. The van der Waals surface area contributed by atoms with E-state index in [1.807, 2.05) is 0 Å². The number of epoxide rings is 1. The molecule has 2 saturated heterocycles. The zero-order valence-electron chi connectivity index (χ0n) is 17.7. The minimum Gasteiger partial charge on any atom is -0.497 e. The molecule has 1 aromatic rings. The molecule has 7 rings (SSSR count). The number of aliphatic hydroxyl groups is 1. The number of allylic oxidation sites excluding steroid dienone is 2. The van der Waals surface area contributed by atoms with E-state index < -0.39 is 11.9 Å². The van der Waals surface area contributed by atoms with E-state index >= 15 is 0 Å². The summed E-state index contributed by atoms with van der Waals surface area (Å²) in [5.41, 5.74) is 0.980. The largest absolute Gasteiger partial charge is 0.497 e. The molecule has 0 unspecified atom stereocenters. The topological polar surface area (TPSA) is 60.5 Å². The second-order valence-corrected chi connectivity index (χ2v) is 10.4. The van der Waals surface area contributed by atoms with Crippen LogP contribution in [0.2, 0.25) is 0 Å². The van der Waals surface area contributed by atoms with Gasteiger partial charge >= 0.3 is 0 Å². The molecule has 30 heavy (non-hydrogen) atoms. The quantitative estimate of drug-likeness (QED) is 0.599. The smallest absolute Gasteiger partial charge is 0.201 e. The Hall–Kier alpha value is -1.40. The minimum atomic E-state index is -0.716. The van der Waals surface area contributed by atoms with Gasteiger partial charge in [-0.1, -0.05) is 44.1 Å². The Balaban J connectivity index is 1.49. The van der Waals surface area contributed by atoms with Crippen molar-refractivity contribution in [3.63, 3.8) is 0 Å². The van der Waals surface area contributed by atoms with Crippen LogP contribution in [0.15, 0.2) is 36.4 Å². The molecule has 5 fully saturated rings. The maximum Gasteiger partial charge on any atom is 0.201 e. The summed E-state index contributed by atoms with van der Waals surface area (Å²) >= 11 is 0. The van der Waals surface area contributed by atoms with Crippen LogP contribution in [-0.2, 0) is 19.6 Å². The van der Waals surface area contributed by atoms with Gasteiger partial charge in [-0.2, -0.15) is 0 Å². The van der Waals surface area contributed by atoms with Crippen molar-refractivity contribution in [2.45, 2.75) is 62.1 Å². The van der Waals surface area contributed by atoms with Gasteiger partial charge in [0.15, 0.2) is 0 Å². The normalized spacial score (nSPS) is 51.5. The number of fused-ring (bicyclic) bond motifs is 5. The maximum absolute atomic E-state index is 11.6. The Morgan fingerprint density at radius 2 is 1.77 bits per heavy atom. The van der Waals surface area contributed by atoms with Gasteiger partial charge in [-0.25, -0.2) is 0 Å². The maximum atomic E-state index is 11.6. The fourth-order valence-corrected chi connectivity index (χ4v) is 8.82. The number of hydrogen-bond donors (Lipinski definition) is 1. The van der Waals surface area contributed by atoms with Gasteiger partial charge in [0.1, 0.15) is 18.0 Å². The predicted molar refractivity (Wildman–Crippen MR) is 109 cm³/mol. The van der Waals surface area contributed by atoms with E-state index in [2.05, 4.69) is 43.3 Å². The average molecular weight is 411 g/mol. The average Bonchev–Trinajstić information content (AvgIpc) is 3.30. The molecule has 6 aliphatic rings. The molecule has 4 aliphatic carbocycles. The second kappa shape index (κ2) is 5.50. The van der Waals surface area contributed by atoms with Crippen molar-refractivity contribution in [3.05, 3.63) is 42.0 Å². The van der Waals surface area contributed by atoms with Crippen molar-refractivity contribution in [1.82, 2.24) is 0 Å². The Morgan fingerprint density at radius 3 is 2.50 bits per heavy atom. The van der Waals surface area contributed by atoms with Crippen molar-refractivity contribution < 1.29 is 24.1 Å². The Bertz CT molecular complexity index is 920. The zero-order valence-corrected chi connectivity index (χ0v) is 17.7. The summed E-state index contributed by atoms with van der Waals surface area (Å²) in [6.45, 7) is 3.69. The van der Waals surface area contributed by atoms with Gasteiger partial charge in [0.25, 0.3) is 0 Å². The third-order valence-electron chi connectivity index (χ3n) is 9.91. The lowest BCUT2D eigenvalue weighted by Gasteiger charge is -2.52. The molecule has 0 aromatic heterocycles. The first-order valence-electron chi connectivity index (χ1n) is 11.5. The van der Waals surface area contributed by atoms with Crippen LogP contribution in [0, 0.1) is 22.7 Å². The Morgan fingerprint density at radius 1 is 1.03 bits per heavy atom. The van der Waals surface area contributed by atoms with E-state index in [0.29, 0.717) is 13.2 Å². The molecule has 2 heterocycles. The second-order valence-electron chi connectivity index (χ2n) is 10.4. The number of methoxy groups -OCH3 is 1. The van der Waals surface area contributed by atoms with Crippen LogP contribution in [0.4, 0.5) is 0 Å². The highest BCUT2D eigenvalue weighted by Crippen LogP contribution is 2.82. The lowest BCUT2D eigenvalue weighted by atomic mass is 9.52. The highest BCUT2D eigenvalue weighted by atomic mass is 16.8. The summed E-state index contributed by atoms with van der Waals surface area (Å²) in [6.07, 6.45) is 8.80. The van der Waals surface area contributed by atoms with Gasteiger partial charge < -0.3 is 24.1 Å². The molecule has 1 aromatic carbocycles. The summed E-state index contributed by atoms with van der Waals surface area (Å²) in [4.78, 5) is 0. The van der Waals surface area contributed by atoms with Crippen molar-refractivity contribution in [2.75, 3.05) is 20.3 Å². The Labute approximate surface area is 177 Å². The molecule has 160 valence electrons. The molecular weight excluding hydrogens is 380 g/mol. The van der Waals surface area contributed by atoms with Crippen molar-refractivity contribution in [3.8, 4) is 5.75 Å². The first kappa shape index (κ1) is 18.2. The lowest BCUT2D eigenvalue weighted by molar-refractivity contribution is -0.254. The van der Waals surface area contributed by atoms with Gasteiger partial charge in [-0.15, -0.1) is 0 Å².